The second-order valence-corrected chi connectivity index (χ2v) is 13.0. The number of ether oxygens (including phenoxy) is 4. The molecule has 11 nitrogen and oxygen atoms in total. The average Bonchev–Trinajstić information content (AvgIpc) is 3.72. The van der Waals surface area contributed by atoms with Crippen LogP contribution in [0.4, 0.5) is 4.79 Å². The number of carbonyl (C=O) groups is 4. The fraction of sp³-hybridized carbons (Fsp3) is 0.800. The number of rotatable bonds is 10. The number of hydrogen-bond donors (Lipinski definition) is 1. The Kier molecular flexibility index (Phi) is 8.26. The van der Waals surface area contributed by atoms with E-state index >= 15 is 0 Å². The summed E-state index contributed by atoms with van der Waals surface area (Å²) in [4.78, 5) is 53.2. The zero-order chi connectivity index (χ0) is 29.7. The molecule has 1 saturated carbocycles. The van der Waals surface area contributed by atoms with Gasteiger partial charge in [-0.1, -0.05) is 11.6 Å². The summed E-state index contributed by atoms with van der Waals surface area (Å²) < 4.78 is 24.4. The molecule has 5 rings (SSSR count). The number of likely N-dealkylation sites (tertiary alicyclic amines) is 2. The topological polar surface area (TPSA) is 130 Å². The van der Waals surface area contributed by atoms with Crippen LogP contribution in [0.1, 0.15) is 73.1 Å². The van der Waals surface area contributed by atoms with Crippen molar-refractivity contribution in [2.24, 2.45) is 5.92 Å². The predicted molar refractivity (Wildman–Crippen MR) is 148 cm³/mol. The van der Waals surface area contributed by atoms with E-state index in [9.17, 15) is 19.2 Å². The van der Waals surface area contributed by atoms with Crippen LogP contribution in [0.2, 0.25) is 0 Å². The largest absolute Gasteiger partial charge is 0.443 e. The molecular weight excluding hydrogens is 530 g/mol. The average molecular weight is 576 g/mol. The second kappa shape index (κ2) is 11.3. The molecule has 4 heterocycles. The van der Waals surface area contributed by atoms with Crippen molar-refractivity contribution in [3.8, 4) is 0 Å². The molecule has 3 amide bonds. The van der Waals surface area contributed by atoms with Crippen LogP contribution in [-0.4, -0.2) is 108 Å². The zero-order valence-corrected chi connectivity index (χ0v) is 25.1. The molecule has 9 atom stereocenters. The number of carbonyl (C=O) groups excluding carboxylic acids is 4. The molecule has 1 aliphatic carbocycles. The van der Waals surface area contributed by atoms with Crippen molar-refractivity contribution in [3.63, 3.8) is 0 Å². The van der Waals surface area contributed by atoms with Crippen LogP contribution in [0.15, 0.2) is 11.6 Å². The van der Waals surface area contributed by atoms with Crippen molar-refractivity contribution < 1.29 is 38.1 Å². The van der Waals surface area contributed by atoms with Crippen LogP contribution >= 0.6 is 0 Å². The molecule has 228 valence electrons. The van der Waals surface area contributed by atoms with Crippen molar-refractivity contribution >= 4 is 23.7 Å². The standard InChI is InChI=1S/C30H45N3O8/c1-17(2)7-9-23-29(5,41-23)26-25(38-6)22(11-12-30(26)16-39-30)40-28(37)33-15-20-13-21(33)14-32(20)27(36)19(4)31-24(35)10-8-18(3)34/h7,19-23,25-26H,8-16H2,1-6H3,(H,31,35)/t19-,20?,21?,22+,23+,25+,26+,29-,30-/m0/s1. The summed E-state index contributed by atoms with van der Waals surface area (Å²) in [6, 6.07) is -0.945. The van der Waals surface area contributed by atoms with E-state index in [1.165, 1.54) is 12.5 Å². The Morgan fingerprint density at radius 2 is 1.78 bits per heavy atom. The fourth-order valence-electron chi connectivity index (χ4n) is 7.34. The molecule has 0 aromatic carbocycles. The van der Waals surface area contributed by atoms with Gasteiger partial charge in [-0.3, -0.25) is 9.59 Å². The van der Waals surface area contributed by atoms with Gasteiger partial charge in [0.15, 0.2) is 0 Å². The van der Waals surface area contributed by atoms with Gasteiger partial charge in [0.05, 0.1) is 30.7 Å². The molecule has 5 fully saturated rings. The number of epoxide rings is 2. The SMILES string of the molecule is CO[C@@H]1[C@H](OC(=O)N2CC3CC2CN3C(=O)[C@H](C)NC(=O)CCC(C)=O)CC[C@]2(CO2)[C@H]1[C@@]1(C)O[C@@H]1CC=C(C)C. The number of piperazine rings is 1. The maximum Gasteiger partial charge on any atom is 0.410 e. The second-order valence-electron chi connectivity index (χ2n) is 13.0. The summed E-state index contributed by atoms with van der Waals surface area (Å²) in [7, 11) is 1.66. The lowest BCUT2D eigenvalue weighted by Gasteiger charge is -2.43. The number of Topliss-reactive ketones (excluding diaryl/α,β-unsaturated/α-hetero) is 1. The molecule has 11 heteroatoms. The van der Waals surface area contributed by atoms with E-state index in [-0.39, 0.29) is 72.3 Å². The van der Waals surface area contributed by atoms with Crippen molar-refractivity contribution in [1.29, 1.82) is 0 Å². The van der Waals surface area contributed by atoms with E-state index in [1.54, 1.807) is 23.8 Å². The van der Waals surface area contributed by atoms with Crippen LogP contribution in [0.3, 0.4) is 0 Å². The van der Waals surface area contributed by atoms with E-state index in [4.69, 9.17) is 18.9 Å². The molecular formula is C30H45N3O8. The molecule has 4 saturated heterocycles. The lowest BCUT2D eigenvalue weighted by Crippen LogP contribution is -2.58. The van der Waals surface area contributed by atoms with Gasteiger partial charge in [-0.05, 0) is 60.3 Å². The third-order valence-electron chi connectivity index (χ3n) is 9.70. The highest BCUT2D eigenvalue weighted by Crippen LogP contribution is 2.59. The van der Waals surface area contributed by atoms with Gasteiger partial charge in [0.2, 0.25) is 11.8 Å². The number of nitrogens with zero attached hydrogens (tertiary/aromatic N) is 2. The van der Waals surface area contributed by atoms with Gasteiger partial charge in [-0.25, -0.2) is 4.79 Å². The Morgan fingerprint density at radius 3 is 2.37 bits per heavy atom. The molecule has 5 aliphatic rings. The number of methoxy groups -OCH3 is 1. The van der Waals surface area contributed by atoms with Gasteiger partial charge in [-0.2, -0.15) is 0 Å². The van der Waals surface area contributed by atoms with Gasteiger partial charge >= 0.3 is 6.09 Å². The normalized spacial score (nSPS) is 37.5. The Labute approximate surface area is 242 Å². The Hall–Kier alpha value is -2.50. The first-order valence-electron chi connectivity index (χ1n) is 14.9. The maximum absolute atomic E-state index is 13.4. The summed E-state index contributed by atoms with van der Waals surface area (Å²) in [5.41, 5.74) is 0.562. The van der Waals surface area contributed by atoms with Crippen molar-refractivity contribution in [1.82, 2.24) is 15.1 Å². The molecule has 0 aromatic heterocycles. The summed E-state index contributed by atoms with van der Waals surface area (Å²) in [6.07, 6.45) is 4.31. The van der Waals surface area contributed by atoms with Crippen molar-refractivity contribution in [3.05, 3.63) is 11.6 Å². The van der Waals surface area contributed by atoms with E-state index < -0.39 is 17.7 Å². The third kappa shape index (κ3) is 5.90. The third-order valence-corrected chi connectivity index (χ3v) is 9.70. The van der Waals surface area contributed by atoms with Crippen molar-refractivity contribution in [2.75, 3.05) is 26.8 Å². The van der Waals surface area contributed by atoms with Crippen molar-refractivity contribution in [2.45, 2.75) is 121 Å². The van der Waals surface area contributed by atoms with Crippen LogP contribution in [-0.2, 0) is 33.3 Å². The number of ketones is 1. The molecule has 1 N–H and O–H groups in total. The number of hydrogen-bond acceptors (Lipinski definition) is 8. The maximum atomic E-state index is 13.4. The van der Waals surface area contributed by atoms with Gasteiger partial charge in [-0.15, -0.1) is 0 Å². The quantitative estimate of drug-likeness (QED) is 0.310. The molecule has 4 aliphatic heterocycles. The van der Waals surface area contributed by atoms with Crippen LogP contribution in [0.25, 0.3) is 0 Å². The number of amides is 3. The summed E-state index contributed by atoms with van der Waals surface area (Å²) >= 11 is 0. The summed E-state index contributed by atoms with van der Waals surface area (Å²) in [5.74, 6) is -0.604. The van der Waals surface area contributed by atoms with Crippen LogP contribution < -0.4 is 5.32 Å². The first kappa shape index (κ1) is 30.0. The predicted octanol–water partition coefficient (Wildman–Crippen LogP) is 2.36. The lowest BCUT2D eigenvalue weighted by molar-refractivity contribution is -0.138. The molecule has 41 heavy (non-hydrogen) atoms. The first-order valence-corrected chi connectivity index (χ1v) is 14.9. The molecule has 2 unspecified atom stereocenters. The highest BCUT2D eigenvalue weighted by molar-refractivity contribution is 5.89. The Balaban J connectivity index is 1.17. The highest BCUT2D eigenvalue weighted by atomic mass is 16.6. The lowest BCUT2D eigenvalue weighted by atomic mass is 9.68. The zero-order valence-electron chi connectivity index (χ0n) is 25.1. The minimum Gasteiger partial charge on any atom is -0.443 e. The van der Waals surface area contributed by atoms with E-state index in [1.807, 2.05) is 0 Å². The molecule has 2 bridgehead atoms. The van der Waals surface area contributed by atoms with Gasteiger partial charge in [0.25, 0.3) is 0 Å². The fourth-order valence-corrected chi connectivity index (χ4v) is 7.34. The van der Waals surface area contributed by atoms with E-state index in [0.29, 0.717) is 32.5 Å². The number of nitrogens with one attached hydrogen (secondary N) is 1. The minimum absolute atomic E-state index is 0.0441. The van der Waals surface area contributed by atoms with E-state index in [2.05, 4.69) is 32.2 Å². The highest BCUT2D eigenvalue weighted by Gasteiger charge is 2.72. The van der Waals surface area contributed by atoms with E-state index in [0.717, 1.165) is 12.8 Å². The first-order chi connectivity index (χ1) is 19.4. The molecule has 1 spiro atoms. The molecule has 0 radical (unpaired) electrons. The van der Waals surface area contributed by atoms with Crippen LogP contribution in [0.5, 0.6) is 0 Å². The van der Waals surface area contributed by atoms with Gasteiger partial charge in [0, 0.05) is 33.0 Å². The summed E-state index contributed by atoms with van der Waals surface area (Å²) in [6.45, 7) is 10.8. The monoisotopic (exact) mass is 575 g/mol. The number of allylic oxidation sites excluding steroid dienone is 1. The Bertz CT molecular complexity index is 1100. The Morgan fingerprint density at radius 1 is 1.10 bits per heavy atom. The van der Waals surface area contributed by atoms with Gasteiger partial charge in [0.1, 0.15) is 35.2 Å². The molecule has 0 aromatic rings. The number of fused-ring (bicyclic) bond motifs is 2. The van der Waals surface area contributed by atoms with Crippen LogP contribution in [0, 0.1) is 5.92 Å². The summed E-state index contributed by atoms with van der Waals surface area (Å²) in [5, 5.41) is 2.70. The smallest absolute Gasteiger partial charge is 0.410 e. The minimum atomic E-state index is -0.695. The van der Waals surface area contributed by atoms with Gasteiger partial charge < -0.3 is 38.9 Å².